The largest absolute Gasteiger partial charge is 0.445 e. The van der Waals surface area contributed by atoms with Gasteiger partial charge < -0.3 is 39.2 Å². The van der Waals surface area contributed by atoms with Gasteiger partial charge in [-0.3, -0.25) is 14.2 Å². The van der Waals surface area contributed by atoms with E-state index in [2.05, 4.69) is 10.6 Å². The number of hydrogen-bond acceptors (Lipinski definition) is 9. The van der Waals surface area contributed by atoms with E-state index in [1.807, 2.05) is 30.3 Å². The Morgan fingerprint density at radius 1 is 1.02 bits per heavy atom. The van der Waals surface area contributed by atoms with Crippen LogP contribution in [-0.2, 0) is 39.3 Å². The van der Waals surface area contributed by atoms with E-state index < -0.39 is 37.5 Å². The van der Waals surface area contributed by atoms with Gasteiger partial charge in [0.2, 0.25) is 11.8 Å². The first-order valence-electron chi connectivity index (χ1n) is 17.6. The fraction of sp³-hybridized carbons (Fsp3) is 0.583. The Labute approximate surface area is 300 Å². The Balaban J connectivity index is 1.48. The van der Waals surface area contributed by atoms with Crippen LogP contribution in [0.3, 0.4) is 0 Å². The molecule has 2 fully saturated rings. The van der Waals surface area contributed by atoms with Crippen LogP contribution in [0.15, 0.2) is 54.6 Å². The van der Waals surface area contributed by atoms with Gasteiger partial charge in [0, 0.05) is 18.0 Å². The number of benzene rings is 2. The number of ether oxygens (including phenoxy) is 2. The summed E-state index contributed by atoms with van der Waals surface area (Å²) in [7, 11) is -4.13. The molecule has 1 heterocycles. The predicted molar refractivity (Wildman–Crippen MR) is 189 cm³/mol. The average Bonchev–Trinajstić information content (AvgIpc) is 3.12. The van der Waals surface area contributed by atoms with Crippen LogP contribution in [0.4, 0.5) is 4.79 Å². The maximum Gasteiger partial charge on any atom is 0.408 e. The maximum absolute atomic E-state index is 14.0. The lowest BCUT2D eigenvalue weighted by molar-refractivity contribution is -0.139. The number of amides is 3. The molecule has 4 atom stereocenters. The van der Waals surface area contributed by atoms with Crippen molar-refractivity contribution in [3.05, 3.63) is 70.7 Å². The number of morpholine rings is 1. The summed E-state index contributed by atoms with van der Waals surface area (Å²) in [5, 5.41) is 17.5. The molecule has 2 aromatic rings. The van der Waals surface area contributed by atoms with Crippen molar-refractivity contribution in [3.63, 3.8) is 0 Å². The third-order valence-corrected chi connectivity index (χ3v) is 11.5. The second kappa shape index (κ2) is 20.2. The third-order valence-electron chi connectivity index (χ3n) is 9.05. The molecule has 0 bridgehead atoms. The molecule has 0 radical (unpaired) electrons. The molecule has 2 aliphatic rings. The second-order valence-corrected chi connectivity index (χ2v) is 15.3. The van der Waals surface area contributed by atoms with Crippen molar-refractivity contribution in [1.82, 2.24) is 15.5 Å². The summed E-state index contributed by atoms with van der Waals surface area (Å²) in [6.07, 6.45) is 4.16. The summed E-state index contributed by atoms with van der Waals surface area (Å²) in [5.41, 5.74) is 1.65. The van der Waals surface area contributed by atoms with Crippen molar-refractivity contribution in [3.8, 4) is 0 Å². The number of hydrogen-bond donors (Lipinski definition) is 3. The highest BCUT2D eigenvalue weighted by atomic mass is 35.5. The maximum atomic E-state index is 14.0. The van der Waals surface area contributed by atoms with Crippen LogP contribution in [0.2, 0.25) is 5.02 Å². The van der Waals surface area contributed by atoms with Gasteiger partial charge in [-0.2, -0.15) is 0 Å². The zero-order valence-electron chi connectivity index (χ0n) is 29.0. The summed E-state index contributed by atoms with van der Waals surface area (Å²) in [4.78, 5) is 42.2. The lowest BCUT2D eigenvalue weighted by Crippen LogP contribution is -2.53. The normalized spacial score (nSPS) is 18.9. The first kappa shape index (κ1) is 39.8. The Kier molecular flexibility index (Phi) is 16.0. The van der Waals surface area contributed by atoms with Gasteiger partial charge in [-0.1, -0.05) is 86.2 Å². The predicted octanol–water partition coefficient (Wildman–Crippen LogP) is 6.35. The number of alkyl carbamates (subject to hydrolysis) is 1. The molecule has 2 unspecified atom stereocenters. The van der Waals surface area contributed by atoms with Crippen LogP contribution in [0, 0.1) is 5.92 Å². The minimum absolute atomic E-state index is 0.00703. The summed E-state index contributed by atoms with van der Waals surface area (Å²) < 4.78 is 35.9. The standard InChI is InChI=1S/C36H51ClN3O9P/c1-3-48-50(45,49-4-2)35(43)30(18-19-33(41)40-20-21-46-32(24-40)28-15-9-6-10-16-28)38-34(42)31(23-26-12-7-5-8-13-26)39-36(44)47-25-27-14-11-17-29(37)22-27/h6,9-11,14-17,22,26,30-32,35,43H,3-5,7-8,12-13,18-21,23-25H2,1-2H3,(H,38,42)(H,39,44)/t30-,31-,32?,35?/m0/s1. The molecule has 14 heteroatoms. The highest BCUT2D eigenvalue weighted by Crippen LogP contribution is 2.53. The average molecular weight is 736 g/mol. The van der Waals surface area contributed by atoms with Crippen LogP contribution in [0.5, 0.6) is 0 Å². The van der Waals surface area contributed by atoms with Crippen LogP contribution in [0.25, 0.3) is 0 Å². The number of aliphatic hydroxyl groups is 1. The fourth-order valence-electron chi connectivity index (χ4n) is 6.48. The molecule has 2 aromatic carbocycles. The summed E-state index contributed by atoms with van der Waals surface area (Å²) in [6.45, 7) is 4.28. The molecule has 3 N–H and O–H groups in total. The molecule has 276 valence electrons. The smallest absolute Gasteiger partial charge is 0.408 e. The number of carbonyl (C=O) groups is 3. The Morgan fingerprint density at radius 2 is 1.74 bits per heavy atom. The first-order chi connectivity index (χ1) is 24.1. The Bertz CT molecular complexity index is 1420. The molecular weight excluding hydrogens is 685 g/mol. The van der Waals surface area contributed by atoms with Gasteiger partial charge in [-0.05, 0) is 55.9 Å². The molecule has 50 heavy (non-hydrogen) atoms. The number of aliphatic hydroxyl groups excluding tert-OH is 1. The van der Waals surface area contributed by atoms with E-state index >= 15 is 0 Å². The van der Waals surface area contributed by atoms with E-state index in [9.17, 15) is 24.1 Å². The topological polar surface area (TPSA) is 153 Å². The van der Waals surface area contributed by atoms with Crippen molar-refractivity contribution < 1.29 is 42.6 Å². The number of nitrogens with zero attached hydrogens (tertiary/aromatic N) is 1. The van der Waals surface area contributed by atoms with E-state index in [1.54, 1.807) is 43.0 Å². The van der Waals surface area contributed by atoms with Gasteiger partial charge in [0.1, 0.15) is 18.8 Å². The van der Waals surface area contributed by atoms with Crippen molar-refractivity contribution >= 4 is 37.1 Å². The summed E-state index contributed by atoms with van der Waals surface area (Å²) in [5.74, 6) is -2.38. The highest BCUT2D eigenvalue weighted by Gasteiger charge is 2.42. The Hall–Kier alpha value is -2.99. The van der Waals surface area contributed by atoms with E-state index in [1.165, 1.54) is 0 Å². The Morgan fingerprint density at radius 3 is 2.42 bits per heavy atom. The van der Waals surface area contributed by atoms with E-state index in [-0.39, 0.29) is 50.6 Å². The summed E-state index contributed by atoms with van der Waals surface area (Å²) >= 11 is 6.06. The summed E-state index contributed by atoms with van der Waals surface area (Å²) in [6, 6.07) is 14.3. The van der Waals surface area contributed by atoms with Crippen molar-refractivity contribution in [2.75, 3.05) is 32.9 Å². The number of halogens is 1. The SMILES string of the molecule is CCOP(=O)(OCC)C(O)[C@H](CCC(=O)N1CCOC(c2ccccc2)C1)NC(=O)[C@H](CC1CCCCC1)NC(=O)OCc1cccc(Cl)c1. The number of rotatable bonds is 17. The third kappa shape index (κ3) is 12.1. The monoisotopic (exact) mass is 735 g/mol. The fourth-order valence-corrected chi connectivity index (χ4v) is 8.46. The van der Waals surface area contributed by atoms with Crippen molar-refractivity contribution in [2.24, 2.45) is 5.92 Å². The molecular formula is C36H51ClN3O9P. The van der Waals surface area contributed by atoms with Crippen molar-refractivity contribution in [2.45, 2.75) is 95.9 Å². The van der Waals surface area contributed by atoms with Crippen molar-refractivity contribution in [1.29, 1.82) is 0 Å². The minimum atomic E-state index is -4.13. The van der Waals surface area contributed by atoms with Gasteiger partial charge in [-0.25, -0.2) is 4.79 Å². The zero-order chi connectivity index (χ0) is 35.9. The highest BCUT2D eigenvalue weighted by molar-refractivity contribution is 7.54. The minimum Gasteiger partial charge on any atom is -0.445 e. The molecule has 0 spiro atoms. The molecule has 1 saturated carbocycles. The van der Waals surface area contributed by atoms with E-state index in [0.717, 1.165) is 37.7 Å². The zero-order valence-corrected chi connectivity index (χ0v) is 30.6. The van der Waals surface area contributed by atoms with Crippen LogP contribution < -0.4 is 10.6 Å². The lowest BCUT2D eigenvalue weighted by Gasteiger charge is -2.34. The van der Waals surface area contributed by atoms with Gasteiger partial charge in [0.05, 0.1) is 32.4 Å². The quantitative estimate of drug-likeness (QED) is 0.158. The molecule has 0 aromatic heterocycles. The molecule has 1 aliphatic heterocycles. The first-order valence-corrected chi connectivity index (χ1v) is 19.6. The van der Waals surface area contributed by atoms with E-state index in [4.69, 9.17) is 30.1 Å². The van der Waals surface area contributed by atoms with Gasteiger partial charge >= 0.3 is 13.7 Å². The second-order valence-electron chi connectivity index (χ2n) is 12.7. The molecule has 1 aliphatic carbocycles. The molecule has 4 rings (SSSR count). The number of nitrogens with one attached hydrogen (secondary N) is 2. The van der Waals surface area contributed by atoms with E-state index in [0.29, 0.717) is 36.7 Å². The van der Waals surface area contributed by atoms with Gasteiger partial charge in [-0.15, -0.1) is 0 Å². The lowest BCUT2D eigenvalue weighted by atomic mass is 9.84. The molecule has 1 saturated heterocycles. The van der Waals surface area contributed by atoms with Gasteiger partial charge in [0.15, 0.2) is 5.85 Å². The van der Waals surface area contributed by atoms with Gasteiger partial charge in [0.25, 0.3) is 0 Å². The molecule has 12 nitrogen and oxygen atoms in total. The van der Waals surface area contributed by atoms with Crippen LogP contribution >= 0.6 is 19.2 Å². The van der Waals surface area contributed by atoms with Crippen LogP contribution in [-0.4, -0.2) is 78.8 Å². The van der Waals surface area contributed by atoms with Crippen LogP contribution in [0.1, 0.15) is 82.4 Å². The molecule has 3 amide bonds. The number of carbonyl (C=O) groups excluding carboxylic acids is 3.